The van der Waals surface area contributed by atoms with E-state index in [9.17, 15) is 27.2 Å². The summed E-state index contributed by atoms with van der Waals surface area (Å²) >= 11 is 0. The van der Waals surface area contributed by atoms with Gasteiger partial charge in [-0.2, -0.15) is 18.2 Å². The molecule has 8 nitrogen and oxygen atoms in total. The summed E-state index contributed by atoms with van der Waals surface area (Å²) < 4.78 is 60.0. The average molecular weight is 360 g/mol. The number of benzene rings is 1. The predicted octanol–water partition coefficient (Wildman–Crippen LogP) is 1.99. The summed E-state index contributed by atoms with van der Waals surface area (Å²) in [6, 6.07) is 2.94. The molecule has 2 amide bonds. The van der Waals surface area contributed by atoms with Gasteiger partial charge in [0.15, 0.2) is 0 Å². The van der Waals surface area contributed by atoms with Gasteiger partial charge in [-0.1, -0.05) is 5.16 Å². The molecule has 1 aromatic heterocycles. The van der Waals surface area contributed by atoms with Crippen LogP contribution in [0.25, 0.3) is 11.4 Å². The highest BCUT2D eigenvalue weighted by Gasteiger charge is 2.38. The zero-order chi connectivity index (χ0) is 18.2. The molecular weight excluding hydrogens is 352 g/mol. The molecule has 0 aliphatic carbocycles. The van der Waals surface area contributed by atoms with Crippen molar-refractivity contribution < 1.29 is 36.4 Å². The molecule has 1 saturated heterocycles. The van der Waals surface area contributed by atoms with E-state index in [2.05, 4.69) is 24.8 Å². The van der Waals surface area contributed by atoms with Gasteiger partial charge in [-0.3, -0.25) is 10.2 Å². The second-order valence-electron chi connectivity index (χ2n) is 4.82. The van der Waals surface area contributed by atoms with E-state index in [0.717, 1.165) is 23.2 Å². The number of alkyl halides is 3. The molecule has 2 aromatic rings. The van der Waals surface area contributed by atoms with Crippen LogP contribution in [0.4, 0.5) is 22.4 Å². The number of rotatable bonds is 3. The maximum atomic E-state index is 14.1. The highest BCUT2D eigenvalue weighted by molar-refractivity contribution is 5.95. The van der Waals surface area contributed by atoms with Crippen molar-refractivity contribution in [1.82, 2.24) is 20.6 Å². The molecule has 12 heteroatoms. The quantitative estimate of drug-likeness (QED) is 0.841. The first-order valence-corrected chi connectivity index (χ1v) is 6.72. The average Bonchev–Trinajstić information content (AvgIpc) is 3.17. The number of ether oxygens (including phenoxy) is 1. The van der Waals surface area contributed by atoms with Gasteiger partial charge in [0.1, 0.15) is 12.4 Å². The van der Waals surface area contributed by atoms with Crippen LogP contribution in [-0.4, -0.2) is 40.3 Å². The molecule has 132 valence electrons. The van der Waals surface area contributed by atoms with Crippen LogP contribution >= 0.6 is 0 Å². The van der Waals surface area contributed by atoms with E-state index in [1.54, 1.807) is 0 Å². The number of hydrazine groups is 1. The smallest absolute Gasteiger partial charge is 0.446 e. The number of aromatic nitrogens is 2. The van der Waals surface area contributed by atoms with Crippen molar-refractivity contribution in [3.8, 4) is 11.4 Å². The van der Waals surface area contributed by atoms with Gasteiger partial charge in [0.2, 0.25) is 5.82 Å². The number of nitrogens with one attached hydrogen (secondary N) is 1. The zero-order valence-corrected chi connectivity index (χ0v) is 12.1. The van der Waals surface area contributed by atoms with Gasteiger partial charge in [-0.15, -0.1) is 0 Å². The minimum absolute atomic E-state index is 0.103. The van der Waals surface area contributed by atoms with Crippen LogP contribution in [0.3, 0.4) is 0 Å². The second kappa shape index (κ2) is 6.03. The van der Waals surface area contributed by atoms with Gasteiger partial charge in [0, 0.05) is 5.56 Å². The molecule has 0 unspecified atom stereocenters. The van der Waals surface area contributed by atoms with Crippen molar-refractivity contribution in [3.63, 3.8) is 0 Å². The fourth-order valence-electron chi connectivity index (χ4n) is 1.97. The lowest BCUT2D eigenvalue weighted by Gasteiger charge is -2.14. The number of cyclic esters (lactones) is 1. The number of hydrogen-bond donors (Lipinski definition) is 1. The Balaban J connectivity index is 1.80. The maximum Gasteiger partial charge on any atom is 0.471 e. The van der Waals surface area contributed by atoms with Crippen molar-refractivity contribution in [1.29, 1.82) is 0 Å². The number of hydrogen-bond acceptors (Lipinski definition) is 6. The van der Waals surface area contributed by atoms with E-state index in [0.29, 0.717) is 0 Å². The number of amides is 2. The summed E-state index contributed by atoms with van der Waals surface area (Å²) in [6.07, 6.45) is -5.61. The highest BCUT2D eigenvalue weighted by Crippen LogP contribution is 2.30. The molecule has 1 N–H and O–H groups in total. The molecule has 3 rings (SSSR count). The molecule has 0 spiro atoms. The molecule has 0 atom stereocenters. The predicted molar refractivity (Wildman–Crippen MR) is 70.2 cm³/mol. The topological polar surface area (TPSA) is 97.6 Å². The molecule has 0 bridgehead atoms. The van der Waals surface area contributed by atoms with Gasteiger partial charge >= 0.3 is 18.2 Å². The van der Waals surface area contributed by atoms with Crippen molar-refractivity contribution in [2.45, 2.75) is 6.18 Å². The molecule has 2 heterocycles. The van der Waals surface area contributed by atoms with Crippen LogP contribution in [0.1, 0.15) is 16.2 Å². The van der Waals surface area contributed by atoms with Crippen molar-refractivity contribution >= 4 is 12.0 Å². The molecule has 0 saturated carbocycles. The Bertz CT molecular complexity index is 836. The van der Waals surface area contributed by atoms with Gasteiger partial charge < -0.3 is 9.26 Å². The summed E-state index contributed by atoms with van der Waals surface area (Å²) in [5.41, 5.74) is 1.67. The third-order valence-corrected chi connectivity index (χ3v) is 3.14. The van der Waals surface area contributed by atoms with Crippen molar-refractivity contribution in [3.05, 3.63) is 35.5 Å². The van der Waals surface area contributed by atoms with Crippen LogP contribution in [0, 0.1) is 5.82 Å². The molecule has 1 aromatic carbocycles. The van der Waals surface area contributed by atoms with E-state index < -0.39 is 35.7 Å². The molecule has 25 heavy (non-hydrogen) atoms. The lowest BCUT2D eigenvalue weighted by Crippen LogP contribution is -2.42. The largest absolute Gasteiger partial charge is 0.471 e. The van der Waals surface area contributed by atoms with Crippen molar-refractivity contribution in [2.24, 2.45) is 0 Å². The summed E-state index contributed by atoms with van der Waals surface area (Å²) in [5.74, 6) is -4.06. The SMILES string of the molecule is O=C(NN1CCOC1=O)c1ccc(-c2noc(C(F)(F)F)n2)c(F)c1. The van der Waals surface area contributed by atoms with E-state index in [1.807, 2.05) is 0 Å². The monoisotopic (exact) mass is 360 g/mol. The van der Waals surface area contributed by atoms with Gasteiger partial charge in [-0.25, -0.2) is 14.2 Å². The molecule has 0 radical (unpaired) electrons. The standard InChI is InChI=1S/C13H8F4N4O4/c14-8-5-6(10(22)19-21-3-4-24-12(21)23)1-2-7(8)9-18-11(25-20-9)13(15,16)17/h1-2,5H,3-4H2,(H,19,22). The van der Waals surface area contributed by atoms with E-state index >= 15 is 0 Å². The lowest BCUT2D eigenvalue weighted by atomic mass is 10.1. The van der Waals surface area contributed by atoms with Gasteiger partial charge in [0.25, 0.3) is 5.91 Å². The Labute approximate surface area is 136 Å². The Morgan fingerprint density at radius 1 is 1.32 bits per heavy atom. The normalized spacial score (nSPS) is 14.6. The first-order valence-electron chi connectivity index (χ1n) is 6.72. The fourth-order valence-corrected chi connectivity index (χ4v) is 1.97. The first-order chi connectivity index (χ1) is 11.8. The van der Waals surface area contributed by atoms with Crippen LogP contribution < -0.4 is 5.43 Å². The summed E-state index contributed by atoms with van der Waals surface area (Å²) in [4.78, 5) is 26.3. The number of carbonyl (C=O) groups excluding carboxylic acids is 2. The Morgan fingerprint density at radius 3 is 2.64 bits per heavy atom. The van der Waals surface area contributed by atoms with Gasteiger partial charge in [-0.05, 0) is 18.2 Å². The number of halogens is 4. The Hall–Kier alpha value is -3.18. The molecular formula is C13H8F4N4O4. The molecule has 1 fully saturated rings. The second-order valence-corrected chi connectivity index (χ2v) is 4.82. The number of nitrogens with zero attached hydrogens (tertiary/aromatic N) is 3. The van der Waals surface area contributed by atoms with E-state index in [-0.39, 0.29) is 24.3 Å². The summed E-state index contributed by atoms with van der Waals surface area (Å²) in [7, 11) is 0. The summed E-state index contributed by atoms with van der Waals surface area (Å²) in [5, 5.41) is 3.97. The zero-order valence-electron chi connectivity index (χ0n) is 12.1. The van der Waals surface area contributed by atoms with Crippen LogP contribution in [-0.2, 0) is 10.9 Å². The Morgan fingerprint density at radius 2 is 2.08 bits per heavy atom. The van der Waals surface area contributed by atoms with Crippen LogP contribution in [0.15, 0.2) is 22.7 Å². The van der Waals surface area contributed by atoms with E-state index in [1.165, 1.54) is 0 Å². The first kappa shape index (κ1) is 16.7. The maximum absolute atomic E-state index is 14.1. The third kappa shape index (κ3) is 3.36. The van der Waals surface area contributed by atoms with Crippen LogP contribution in [0.5, 0.6) is 0 Å². The minimum atomic E-state index is -4.86. The Kier molecular flexibility index (Phi) is 4.02. The van der Waals surface area contributed by atoms with Crippen molar-refractivity contribution in [2.75, 3.05) is 13.2 Å². The van der Waals surface area contributed by atoms with E-state index in [4.69, 9.17) is 0 Å². The molecule has 1 aliphatic rings. The minimum Gasteiger partial charge on any atom is -0.446 e. The fraction of sp³-hybridized carbons (Fsp3) is 0.231. The molecule has 1 aliphatic heterocycles. The van der Waals surface area contributed by atoms with Crippen LogP contribution in [0.2, 0.25) is 0 Å². The lowest BCUT2D eigenvalue weighted by molar-refractivity contribution is -0.159. The van der Waals surface area contributed by atoms with Gasteiger partial charge in [0.05, 0.1) is 12.1 Å². The highest BCUT2D eigenvalue weighted by atomic mass is 19.4. The third-order valence-electron chi connectivity index (χ3n) is 3.14. The summed E-state index contributed by atoms with van der Waals surface area (Å²) in [6.45, 7) is 0.236. The number of carbonyl (C=O) groups is 2.